The van der Waals surface area contributed by atoms with E-state index in [2.05, 4.69) is 5.32 Å². The number of benzene rings is 3. The van der Waals surface area contributed by atoms with Crippen LogP contribution in [0.25, 0.3) is 0 Å². The summed E-state index contributed by atoms with van der Waals surface area (Å²) < 4.78 is 19.1. The lowest BCUT2D eigenvalue weighted by Gasteiger charge is -2.34. The van der Waals surface area contributed by atoms with E-state index >= 15 is 0 Å². The van der Waals surface area contributed by atoms with Gasteiger partial charge in [-0.15, -0.1) is 0 Å². The van der Waals surface area contributed by atoms with Crippen LogP contribution in [-0.4, -0.2) is 29.8 Å². The summed E-state index contributed by atoms with van der Waals surface area (Å²) in [4.78, 5) is 27.6. The number of halogens is 1. The molecule has 2 heterocycles. The number of nitrogens with one attached hydrogen (secondary N) is 1. The highest BCUT2D eigenvalue weighted by Crippen LogP contribution is 2.42. The summed E-state index contributed by atoms with van der Waals surface area (Å²) in [5, 5.41) is 3.22. The van der Waals surface area contributed by atoms with E-state index in [1.807, 2.05) is 48.5 Å². The van der Waals surface area contributed by atoms with Crippen LogP contribution in [0.3, 0.4) is 0 Å². The van der Waals surface area contributed by atoms with Gasteiger partial charge in [0.05, 0.1) is 6.04 Å². The zero-order valence-corrected chi connectivity index (χ0v) is 17.5. The smallest absolute Gasteiger partial charge is 0.253 e. The molecule has 3 aromatic carbocycles. The molecule has 2 amide bonds. The molecule has 1 fully saturated rings. The quantitative estimate of drug-likeness (QED) is 0.656. The fourth-order valence-corrected chi connectivity index (χ4v) is 4.45. The molecule has 0 spiro atoms. The highest BCUT2D eigenvalue weighted by atomic mass is 19.1. The fourth-order valence-electron chi connectivity index (χ4n) is 4.45. The van der Waals surface area contributed by atoms with Crippen LogP contribution in [0, 0.1) is 11.7 Å². The second-order valence-electron chi connectivity index (χ2n) is 8.19. The van der Waals surface area contributed by atoms with E-state index in [0.29, 0.717) is 31.5 Å². The number of rotatable bonds is 3. The maximum Gasteiger partial charge on any atom is 0.253 e. The minimum atomic E-state index is -0.367. The molecule has 2 aliphatic heterocycles. The predicted molar refractivity (Wildman–Crippen MR) is 118 cm³/mol. The lowest BCUT2D eigenvalue weighted by molar-refractivity contribution is -0.126. The molecular formula is C26H23FN2O3. The van der Waals surface area contributed by atoms with Crippen molar-refractivity contribution in [3.8, 4) is 11.5 Å². The van der Waals surface area contributed by atoms with E-state index in [1.165, 1.54) is 24.3 Å². The van der Waals surface area contributed by atoms with E-state index < -0.39 is 0 Å². The largest absolute Gasteiger partial charge is 0.457 e. The Hall–Kier alpha value is -3.67. The number of carbonyl (C=O) groups is 2. The molecule has 2 aliphatic rings. The third kappa shape index (κ3) is 3.84. The molecule has 32 heavy (non-hydrogen) atoms. The van der Waals surface area contributed by atoms with Gasteiger partial charge in [-0.1, -0.05) is 36.4 Å². The zero-order valence-electron chi connectivity index (χ0n) is 17.5. The summed E-state index contributed by atoms with van der Waals surface area (Å²) in [6.07, 6.45) is 1.18. The van der Waals surface area contributed by atoms with Gasteiger partial charge in [-0.2, -0.15) is 0 Å². The monoisotopic (exact) mass is 430 g/mol. The van der Waals surface area contributed by atoms with Gasteiger partial charge in [0.15, 0.2) is 0 Å². The first kappa shape index (κ1) is 20.2. The van der Waals surface area contributed by atoms with Gasteiger partial charge in [0.25, 0.3) is 5.91 Å². The van der Waals surface area contributed by atoms with Gasteiger partial charge in [-0.25, -0.2) is 4.39 Å². The zero-order chi connectivity index (χ0) is 22.1. The Kier molecular flexibility index (Phi) is 5.35. The molecule has 0 radical (unpaired) electrons. The molecule has 1 N–H and O–H groups in total. The lowest BCUT2D eigenvalue weighted by Crippen LogP contribution is -2.44. The van der Waals surface area contributed by atoms with Crippen molar-refractivity contribution >= 4 is 11.8 Å². The van der Waals surface area contributed by atoms with Gasteiger partial charge in [-0.05, 0) is 49.2 Å². The Morgan fingerprint density at radius 2 is 1.41 bits per heavy atom. The number of amides is 2. The number of hydrogen-bond acceptors (Lipinski definition) is 3. The Labute approximate surface area is 185 Å². The number of piperidine rings is 1. The first-order valence-corrected chi connectivity index (χ1v) is 10.8. The fraction of sp³-hybridized carbons (Fsp3) is 0.231. The van der Waals surface area contributed by atoms with Crippen molar-refractivity contribution in [3.63, 3.8) is 0 Å². The second-order valence-corrected chi connectivity index (χ2v) is 8.19. The van der Waals surface area contributed by atoms with Gasteiger partial charge < -0.3 is 15.0 Å². The number of ether oxygens (including phenoxy) is 1. The van der Waals surface area contributed by atoms with Crippen LogP contribution in [0.5, 0.6) is 11.5 Å². The topological polar surface area (TPSA) is 58.6 Å². The van der Waals surface area contributed by atoms with Crippen molar-refractivity contribution in [3.05, 3.63) is 95.3 Å². The lowest BCUT2D eigenvalue weighted by atomic mass is 9.91. The molecule has 1 saturated heterocycles. The Morgan fingerprint density at radius 1 is 0.844 bits per heavy atom. The molecule has 3 aromatic rings. The van der Waals surface area contributed by atoms with Crippen LogP contribution in [0.2, 0.25) is 0 Å². The number of fused-ring (bicyclic) bond motifs is 2. The van der Waals surface area contributed by atoms with Crippen molar-refractivity contribution in [2.75, 3.05) is 13.1 Å². The first-order chi connectivity index (χ1) is 15.6. The van der Waals surface area contributed by atoms with E-state index in [9.17, 15) is 14.0 Å². The molecule has 0 unspecified atom stereocenters. The third-order valence-corrected chi connectivity index (χ3v) is 6.21. The van der Waals surface area contributed by atoms with Gasteiger partial charge in [0, 0.05) is 35.7 Å². The Balaban J connectivity index is 1.27. The minimum absolute atomic E-state index is 0.0182. The highest BCUT2D eigenvalue weighted by Gasteiger charge is 2.32. The summed E-state index contributed by atoms with van der Waals surface area (Å²) in [7, 11) is 0. The average molecular weight is 430 g/mol. The number of nitrogens with zero attached hydrogens (tertiary/aromatic N) is 1. The van der Waals surface area contributed by atoms with Crippen LogP contribution >= 0.6 is 0 Å². The van der Waals surface area contributed by atoms with Crippen LogP contribution in [-0.2, 0) is 4.79 Å². The normalized spacial score (nSPS) is 16.0. The molecule has 0 atom stereocenters. The van der Waals surface area contributed by atoms with Crippen LogP contribution in [0.4, 0.5) is 4.39 Å². The maximum atomic E-state index is 13.2. The summed E-state index contributed by atoms with van der Waals surface area (Å²) in [6, 6.07) is 20.8. The van der Waals surface area contributed by atoms with E-state index in [0.717, 1.165) is 22.6 Å². The first-order valence-electron chi connectivity index (χ1n) is 10.8. The Morgan fingerprint density at radius 3 is 2.00 bits per heavy atom. The van der Waals surface area contributed by atoms with Crippen LogP contribution < -0.4 is 10.1 Å². The standard InChI is InChI=1S/C26H23FN2O3/c27-19-11-9-18(10-12-19)26(31)29-15-13-17(14-16-29)25(30)28-24-20-5-1-3-7-22(20)32-23-8-4-2-6-21(23)24/h1-12,17,24H,13-16H2,(H,28,30). The minimum Gasteiger partial charge on any atom is -0.457 e. The number of carbonyl (C=O) groups excluding carboxylic acids is 2. The second kappa shape index (κ2) is 8.46. The van der Waals surface area contributed by atoms with Gasteiger partial charge in [0.2, 0.25) is 5.91 Å². The molecule has 0 aliphatic carbocycles. The average Bonchev–Trinajstić information content (AvgIpc) is 2.84. The predicted octanol–water partition coefficient (Wildman–Crippen LogP) is 4.69. The Bertz CT molecular complexity index is 1110. The van der Waals surface area contributed by atoms with E-state index in [4.69, 9.17) is 4.74 Å². The summed E-state index contributed by atoms with van der Waals surface area (Å²) in [6.45, 7) is 0.991. The van der Waals surface area contributed by atoms with Crippen molar-refractivity contribution in [1.29, 1.82) is 0 Å². The van der Waals surface area contributed by atoms with E-state index in [-0.39, 0.29) is 29.6 Å². The third-order valence-electron chi connectivity index (χ3n) is 6.21. The maximum absolute atomic E-state index is 13.2. The summed E-state index contributed by atoms with van der Waals surface area (Å²) in [5.41, 5.74) is 2.33. The molecule has 5 rings (SSSR count). The highest BCUT2D eigenvalue weighted by molar-refractivity contribution is 5.94. The molecule has 162 valence electrons. The van der Waals surface area contributed by atoms with Crippen LogP contribution in [0.15, 0.2) is 72.8 Å². The van der Waals surface area contributed by atoms with Crippen molar-refractivity contribution in [2.45, 2.75) is 18.9 Å². The number of likely N-dealkylation sites (tertiary alicyclic amines) is 1. The van der Waals surface area contributed by atoms with Crippen molar-refractivity contribution in [1.82, 2.24) is 10.2 Å². The van der Waals surface area contributed by atoms with E-state index in [1.54, 1.807) is 4.90 Å². The molecular weight excluding hydrogens is 407 g/mol. The molecule has 0 bridgehead atoms. The SMILES string of the molecule is O=C(NC1c2ccccc2Oc2ccccc21)C1CCN(C(=O)c2ccc(F)cc2)CC1. The summed E-state index contributed by atoms with van der Waals surface area (Å²) in [5.74, 6) is 0.807. The van der Waals surface area contributed by atoms with Gasteiger partial charge >= 0.3 is 0 Å². The van der Waals surface area contributed by atoms with Gasteiger partial charge in [0.1, 0.15) is 17.3 Å². The van der Waals surface area contributed by atoms with Crippen LogP contribution in [0.1, 0.15) is 40.4 Å². The van der Waals surface area contributed by atoms with Crippen molar-refractivity contribution in [2.24, 2.45) is 5.92 Å². The number of para-hydroxylation sites is 2. The van der Waals surface area contributed by atoms with Gasteiger partial charge in [-0.3, -0.25) is 9.59 Å². The molecule has 6 heteroatoms. The number of hydrogen-bond donors (Lipinski definition) is 1. The summed E-state index contributed by atoms with van der Waals surface area (Å²) >= 11 is 0. The van der Waals surface area contributed by atoms with Crippen molar-refractivity contribution < 1.29 is 18.7 Å². The molecule has 0 aromatic heterocycles. The molecule has 0 saturated carbocycles. The molecule has 5 nitrogen and oxygen atoms in total.